The molecule has 0 fully saturated rings. The molecule has 0 saturated heterocycles. The summed E-state index contributed by atoms with van der Waals surface area (Å²) >= 11 is 0. The number of nitrogens with zero attached hydrogens (tertiary/aromatic N) is 1. The molecular weight excluding hydrogens is 276 g/mol. The molecule has 0 unspecified atom stereocenters. The lowest BCUT2D eigenvalue weighted by Gasteiger charge is -2.11. The average molecular weight is 293 g/mol. The molecule has 3 rings (SSSR count). The highest BCUT2D eigenvalue weighted by atomic mass is 28.3. The van der Waals surface area contributed by atoms with Crippen molar-refractivity contribution in [2.24, 2.45) is 12.4 Å². The number of aromatic nitrogens is 1. The van der Waals surface area contributed by atoms with Crippen molar-refractivity contribution >= 4 is 24.9 Å². The van der Waals surface area contributed by atoms with Crippen LogP contribution in [0.3, 0.4) is 0 Å². The molecule has 0 aliphatic carbocycles. The third-order valence-electron chi connectivity index (χ3n) is 3.72. The molecule has 0 aliphatic heterocycles. The van der Waals surface area contributed by atoms with Crippen LogP contribution in [0.25, 0.3) is 21.9 Å². The predicted molar refractivity (Wildman–Crippen MR) is 90.1 cm³/mol. The van der Waals surface area contributed by atoms with E-state index in [2.05, 4.69) is 24.7 Å². The highest BCUT2D eigenvalue weighted by Crippen LogP contribution is 2.25. The van der Waals surface area contributed by atoms with E-state index in [0.29, 0.717) is 0 Å². The minimum absolute atomic E-state index is 0.0320. The normalized spacial score (nSPS) is 11.2. The highest BCUT2D eigenvalue weighted by molar-refractivity contribution is 6.69. The first-order valence-corrected chi connectivity index (χ1v) is 8.94. The van der Waals surface area contributed by atoms with E-state index in [1.165, 1.54) is 5.19 Å². The number of nitrogens with two attached hydrogens (primary N) is 1. The predicted octanol–water partition coefficient (Wildman–Crippen LogP) is 1.99. The van der Waals surface area contributed by atoms with Crippen molar-refractivity contribution in [2.45, 2.75) is 6.55 Å². The lowest BCUT2D eigenvalue weighted by Crippen LogP contribution is -2.36. The van der Waals surface area contributed by atoms with E-state index in [-0.39, 0.29) is 5.56 Å². The van der Waals surface area contributed by atoms with Crippen LogP contribution in [0, 0.1) is 0 Å². The van der Waals surface area contributed by atoms with Crippen LogP contribution in [0.15, 0.2) is 59.5 Å². The Morgan fingerprint density at radius 3 is 2.48 bits per heavy atom. The monoisotopic (exact) mass is 293 g/mol. The maximum atomic E-state index is 12.2. The number of hydrogen-bond acceptors (Lipinski definition) is 2. The van der Waals surface area contributed by atoms with Gasteiger partial charge in [-0.15, -0.1) is 0 Å². The van der Waals surface area contributed by atoms with Crippen LogP contribution < -0.4 is 16.1 Å². The highest BCUT2D eigenvalue weighted by Gasteiger charge is 2.10. The third-order valence-corrected chi connectivity index (χ3v) is 4.94. The first-order valence-electron chi connectivity index (χ1n) is 6.86. The number of benzene rings is 2. The van der Waals surface area contributed by atoms with E-state index in [0.717, 1.165) is 21.9 Å². The third kappa shape index (κ3) is 2.43. The molecule has 0 saturated carbocycles. The van der Waals surface area contributed by atoms with Gasteiger partial charge in [0.2, 0.25) is 0 Å². The van der Waals surface area contributed by atoms with Gasteiger partial charge in [0.05, 0.1) is 0 Å². The van der Waals surface area contributed by atoms with Crippen molar-refractivity contribution in [3.63, 3.8) is 0 Å². The van der Waals surface area contributed by atoms with Crippen molar-refractivity contribution in [3.05, 3.63) is 65.1 Å². The Kier molecular flexibility index (Phi) is 3.49. The van der Waals surface area contributed by atoms with Gasteiger partial charge >= 0.3 is 0 Å². The van der Waals surface area contributed by atoms with E-state index in [1.807, 2.05) is 36.5 Å². The lowest BCUT2D eigenvalue weighted by molar-refractivity contribution is 0.875. The zero-order valence-corrected chi connectivity index (χ0v) is 13.1. The summed E-state index contributed by atoms with van der Waals surface area (Å²) in [5.41, 5.74) is 2.21. The van der Waals surface area contributed by atoms with Gasteiger partial charge in [-0.3, -0.25) is 4.79 Å². The lowest BCUT2D eigenvalue weighted by atomic mass is 10.0. The zero-order valence-electron chi connectivity index (χ0n) is 12.1. The smallest absolute Gasteiger partial charge is 0.258 e. The standard InChI is InChI=1S/C17H17N2OSi/c1-19-11-16(12-6-5-7-13(10-12)21(2)18)14-8-3-4-9-15(14)17(19)20/h3-11H,18H2,1-2H3. The summed E-state index contributed by atoms with van der Waals surface area (Å²) in [6, 6.07) is 16.1. The van der Waals surface area contributed by atoms with E-state index < -0.39 is 8.96 Å². The van der Waals surface area contributed by atoms with Gasteiger partial charge in [-0.1, -0.05) is 49.0 Å². The van der Waals surface area contributed by atoms with Gasteiger partial charge in [-0.2, -0.15) is 0 Å². The molecule has 2 aromatic carbocycles. The minimum atomic E-state index is -0.981. The number of rotatable bonds is 2. The summed E-state index contributed by atoms with van der Waals surface area (Å²) in [4.78, 5) is 12.2. The van der Waals surface area contributed by atoms with E-state index >= 15 is 0 Å². The molecule has 4 heteroatoms. The van der Waals surface area contributed by atoms with Crippen LogP contribution in [0.2, 0.25) is 6.55 Å². The van der Waals surface area contributed by atoms with E-state index in [9.17, 15) is 4.79 Å². The number of hydrogen-bond donors (Lipinski definition) is 1. The van der Waals surface area contributed by atoms with Crippen LogP contribution in [-0.4, -0.2) is 13.5 Å². The molecule has 3 aromatic rings. The molecule has 21 heavy (non-hydrogen) atoms. The fraction of sp³-hybridized carbons (Fsp3) is 0.118. The Bertz CT molecular complexity index is 868. The Hall–Kier alpha value is -2.17. The van der Waals surface area contributed by atoms with Gasteiger partial charge in [0.25, 0.3) is 5.56 Å². The second-order valence-corrected chi connectivity index (χ2v) is 7.21. The molecule has 105 valence electrons. The van der Waals surface area contributed by atoms with Crippen molar-refractivity contribution in [1.29, 1.82) is 0 Å². The molecule has 0 spiro atoms. The molecule has 3 nitrogen and oxygen atoms in total. The number of fused-ring (bicyclic) bond motifs is 1. The first-order chi connectivity index (χ1) is 10.1. The van der Waals surface area contributed by atoms with Gasteiger partial charge in [0.15, 0.2) is 8.96 Å². The largest absolute Gasteiger partial charge is 0.348 e. The van der Waals surface area contributed by atoms with Gasteiger partial charge in [0, 0.05) is 24.2 Å². The van der Waals surface area contributed by atoms with Crippen LogP contribution >= 0.6 is 0 Å². The number of pyridine rings is 1. The van der Waals surface area contributed by atoms with E-state index in [1.54, 1.807) is 11.6 Å². The van der Waals surface area contributed by atoms with Gasteiger partial charge < -0.3 is 9.97 Å². The Morgan fingerprint density at radius 1 is 1.05 bits per heavy atom. The zero-order chi connectivity index (χ0) is 15.0. The molecule has 1 aromatic heterocycles. The fourth-order valence-electron chi connectivity index (χ4n) is 2.58. The summed E-state index contributed by atoms with van der Waals surface area (Å²) < 4.78 is 1.64. The quantitative estimate of drug-likeness (QED) is 0.735. The van der Waals surface area contributed by atoms with Crippen molar-refractivity contribution < 1.29 is 0 Å². The SMILES string of the molecule is Cn1cc(-c2cccc([Si](C)N)c2)c2ccccc2c1=O. The number of aryl methyl sites for hydroxylation is 1. The first kappa shape index (κ1) is 13.8. The molecule has 2 N–H and O–H groups in total. The molecule has 0 aliphatic rings. The minimum Gasteiger partial charge on any atom is -0.348 e. The second kappa shape index (κ2) is 5.31. The van der Waals surface area contributed by atoms with Gasteiger partial charge in [-0.25, -0.2) is 0 Å². The topological polar surface area (TPSA) is 48.0 Å². The molecule has 0 bridgehead atoms. The van der Waals surface area contributed by atoms with Crippen LogP contribution in [0.4, 0.5) is 0 Å². The molecular formula is C17H17N2OSi. The van der Waals surface area contributed by atoms with Gasteiger partial charge in [0.1, 0.15) is 0 Å². The van der Waals surface area contributed by atoms with Crippen LogP contribution in [0.1, 0.15) is 0 Å². The van der Waals surface area contributed by atoms with Crippen LogP contribution in [-0.2, 0) is 7.05 Å². The second-order valence-electron chi connectivity index (χ2n) is 5.27. The van der Waals surface area contributed by atoms with E-state index in [4.69, 9.17) is 5.40 Å². The maximum Gasteiger partial charge on any atom is 0.258 e. The Morgan fingerprint density at radius 2 is 1.76 bits per heavy atom. The molecule has 1 heterocycles. The fourth-order valence-corrected chi connectivity index (χ4v) is 3.32. The van der Waals surface area contributed by atoms with Crippen molar-refractivity contribution in [2.75, 3.05) is 0 Å². The summed E-state index contributed by atoms with van der Waals surface area (Å²) in [7, 11) is 0.811. The van der Waals surface area contributed by atoms with Crippen molar-refractivity contribution in [1.82, 2.24) is 4.57 Å². The Balaban J connectivity index is 2.33. The summed E-state index contributed by atoms with van der Waals surface area (Å²) in [6.45, 7) is 2.07. The molecule has 0 atom stereocenters. The summed E-state index contributed by atoms with van der Waals surface area (Å²) in [5.74, 6) is 0. The van der Waals surface area contributed by atoms with Gasteiger partial charge in [-0.05, 0) is 22.2 Å². The van der Waals surface area contributed by atoms with Crippen molar-refractivity contribution in [3.8, 4) is 11.1 Å². The summed E-state index contributed by atoms with van der Waals surface area (Å²) in [5, 5.41) is 9.00. The molecule has 0 amide bonds. The maximum absolute atomic E-state index is 12.2. The molecule has 1 radical (unpaired) electrons. The Labute approximate surface area is 125 Å². The van der Waals surface area contributed by atoms with Crippen LogP contribution in [0.5, 0.6) is 0 Å². The average Bonchev–Trinajstić information content (AvgIpc) is 2.51. The summed E-state index contributed by atoms with van der Waals surface area (Å²) in [6.07, 6.45) is 1.91.